The van der Waals surface area contributed by atoms with Gasteiger partial charge < -0.3 is 4.90 Å². The average molecular weight is 286 g/mol. The lowest BCUT2D eigenvalue weighted by Gasteiger charge is -2.40. The molecule has 1 atom stereocenters. The second-order valence-corrected chi connectivity index (χ2v) is 5.55. The summed E-state index contributed by atoms with van der Waals surface area (Å²) < 4.78 is 40.3. The molecule has 0 saturated carbocycles. The van der Waals surface area contributed by atoms with E-state index in [1.807, 2.05) is 7.05 Å². The summed E-state index contributed by atoms with van der Waals surface area (Å²) in [6.07, 6.45) is -2.68. The van der Waals surface area contributed by atoms with Gasteiger partial charge in [0.25, 0.3) is 0 Å². The van der Waals surface area contributed by atoms with E-state index in [4.69, 9.17) is 0 Å². The van der Waals surface area contributed by atoms with Gasteiger partial charge in [0.2, 0.25) is 0 Å². The molecule has 112 valence electrons. The summed E-state index contributed by atoms with van der Waals surface area (Å²) in [6, 6.07) is 6.66. The normalized spacial score (nSPS) is 20.3. The van der Waals surface area contributed by atoms with E-state index in [2.05, 4.69) is 4.90 Å². The van der Waals surface area contributed by atoms with E-state index >= 15 is 0 Å². The first-order chi connectivity index (χ1) is 9.39. The summed E-state index contributed by atoms with van der Waals surface area (Å²) in [5.74, 6) is 0. The second-order valence-electron chi connectivity index (χ2n) is 5.55. The summed E-state index contributed by atoms with van der Waals surface area (Å²) in [5.41, 5.74) is 0.321. The van der Waals surface area contributed by atoms with Crippen molar-refractivity contribution in [3.63, 3.8) is 0 Å². The van der Waals surface area contributed by atoms with Gasteiger partial charge in [-0.1, -0.05) is 30.3 Å². The molecule has 2 nitrogen and oxygen atoms in total. The summed E-state index contributed by atoms with van der Waals surface area (Å²) in [7, 11) is 3.61. The number of hydrogen-bond acceptors (Lipinski definition) is 2. The number of halogens is 3. The minimum atomic E-state index is -4.25. The molecular formula is C15H21F3N2. The Balaban J connectivity index is 2.19. The molecule has 0 radical (unpaired) electrons. The van der Waals surface area contributed by atoms with Crippen LogP contribution in [-0.4, -0.2) is 49.2 Å². The molecular weight excluding hydrogens is 265 g/mol. The molecule has 0 aliphatic carbocycles. The monoisotopic (exact) mass is 286 g/mol. The van der Waals surface area contributed by atoms with Crippen molar-refractivity contribution in [3.05, 3.63) is 35.9 Å². The fourth-order valence-corrected chi connectivity index (χ4v) is 2.90. The Morgan fingerprint density at radius 1 is 1.15 bits per heavy atom. The number of piperidine rings is 1. The van der Waals surface area contributed by atoms with Gasteiger partial charge in [-0.05, 0) is 45.6 Å². The van der Waals surface area contributed by atoms with Crippen molar-refractivity contribution in [1.29, 1.82) is 0 Å². The zero-order valence-corrected chi connectivity index (χ0v) is 11.9. The lowest BCUT2D eigenvalue weighted by molar-refractivity contribution is -0.190. The van der Waals surface area contributed by atoms with Crippen molar-refractivity contribution >= 4 is 0 Å². The standard InChI is InChI=1S/C15H21F3N2/c1-19-10-8-13(9-11-19)20(2)14(15(16,17)18)12-6-4-3-5-7-12/h3-7,13-14H,8-11H2,1-2H3. The summed E-state index contributed by atoms with van der Waals surface area (Å²) in [4.78, 5) is 3.66. The predicted molar refractivity (Wildman–Crippen MR) is 73.5 cm³/mol. The topological polar surface area (TPSA) is 6.48 Å². The van der Waals surface area contributed by atoms with E-state index < -0.39 is 12.2 Å². The molecule has 20 heavy (non-hydrogen) atoms. The molecule has 1 aliphatic heterocycles. The van der Waals surface area contributed by atoms with Crippen LogP contribution in [0.4, 0.5) is 13.2 Å². The van der Waals surface area contributed by atoms with Crippen molar-refractivity contribution < 1.29 is 13.2 Å². The largest absolute Gasteiger partial charge is 0.408 e. The Bertz CT molecular complexity index is 411. The van der Waals surface area contributed by atoms with Gasteiger partial charge in [-0.15, -0.1) is 0 Å². The van der Waals surface area contributed by atoms with Crippen LogP contribution in [0.2, 0.25) is 0 Å². The van der Waals surface area contributed by atoms with Gasteiger partial charge in [-0.3, -0.25) is 4.90 Å². The van der Waals surface area contributed by atoms with E-state index in [-0.39, 0.29) is 6.04 Å². The Morgan fingerprint density at radius 2 is 1.70 bits per heavy atom. The third-order valence-electron chi connectivity index (χ3n) is 4.10. The Labute approximate surface area is 118 Å². The zero-order valence-electron chi connectivity index (χ0n) is 11.9. The molecule has 1 unspecified atom stereocenters. The highest BCUT2D eigenvalue weighted by molar-refractivity contribution is 5.20. The van der Waals surface area contributed by atoms with E-state index in [1.54, 1.807) is 37.4 Å². The molecule has 1 aromatic rings. The molecule has 1 heterocycles. The molecule has 0 amide bonds. The first kappa shape index (κ1) is 15.3. The fraction of sp³-hybridized carbons (Fsp3) is 0.600. The number of likely N-dealkylation sites (tertiary alicyclic amines) is 1. The van der Waals surface area contributed by atoms with E-state index in [9.17, 15) is 13.2 Å². The van der Waals surface area contributed by atoms with Crippen molar-refractivity contribution in [2.75, 3.05) is 27.2 Å². The first-order valence-electron chi connectivity index (χ1n) is 6.91. The van der Waals surface area contributed by atoms with Crippen LogP contribution in [-0.2, 0) is 0 Å². The van der Waals surface area contributed by atoms with Crippen LogP contribution in [0, 0.1) is 0 Å². The predicted octanol–water partition coefficient (Wildman–Crippen LogP) is 3.32. The van der Waals surface area contributed by atoms with Gasteiger partial charge in [0.1, 0.15) is 6.04 Å². The second kappa shape index (κ2) is 6.14. The SMILES string of the molecule is CN1CCC(N(C)C(c2ccccc2)C(F)(F)F)CC1. The average Bonchev–Trinajstić information content (AvgIpc) is 2.39. The van der Waals surface area contributed by atoms with Gasteiger partial charge in [-0.25, -0.2) is 0 Å². The van der Waals surface area contributed by atoms with Gasteiger partial charge in [0, 0.05) is 6.04 Å². The smallest absolute Gasteiger partial charge is 0.306 e. The third-order valence-corrected chi connectivity index (χ3v) is 4.10. The zero-order chi connectivity index (χ0) is 14.8. The van der Waals surface area contributed by atoms with Gasteiger partial charge >= 0.3 is 6.18 Å². The maximum atomic E-state index is 13.4. The molecule has 0 aromatic heterocycles. The van der Waals surface area contributed by atoms with Gasteiger partial charge in [0.15, 0.2) is 0 Å². The van der Waals surface area contributed by atoms with Crippen molar-refractivity contribution in [2.45, 2.75) is 31.1 Å². The maximum absolute atomic E-state index is 13.4. The lowest BCUT2D eigenvalue weighted by atomic mass is 9.98. The Morgan fingerprint density at radius 3 is 2.20 bits per heavy atom. The minimum absolute atomic E-state index is 0.0157. The van der Waals surface area contributed by atoms with Gasteiger partial charge in [0.05, 0.1) is 0 Å². The quantitative estimate of drug-likeness (QED) is 0.841. The van der Waals surface area contributed by atoms with Crippen LogP contribution >= 0.6 is 0 Å². The summed E-state index contributed by atoms with van der Waals surface area (Å²) in [5, 5.41) is 0. The van der Waals surface area contributed by atoms with E-state index in [1.165, 1.54) is 4.90 Å². The molecule has 0 spiro atoms. The third kappa shape index (κ3) is 3.52. The maximum Gasteiger partial charge on any atom is 0.408 e. The highest BCUT2D eigenvalue weighted by Gasteiger charge is 2.45. The van der Waals surface area contributed by atoms with Crippen molar-refractivity contribution in [2.24, 2.45) is 0 Å². The summed E-state index contributed by atoms with van der Waals surface area (Å²) >= 11 is 0. The van der Waals surface area contributed by atoms with Crippen LogP contribution in [0.15, 0.2) is 30.3 Å². The minimum Gasteiger partial charge on any atom is -0.306 e. The number of nitrogens with zero attached hydrogens (tertiary/aromatic N) is 2. The van der Waals surface area contributed by atoms with Crippen LogP contribution < -0.4 is 0 Å². The first-order valence-corrected chi connectivity index (χ1v) is 6.91. The van der Waals surface area contributed by atoms with E-state index in [0.717, 1.165) is 25.9 Å². The van der Waals surface area contributed by atoms with Crippen LogP contribution in [0.25, 0.3) is 0 Å². The molecule has 1 aliphatic rings. The molecule has 5 heteroatoms. The Kier molecular flexibility index (Phi) is 4.70. The number of rotatable bonds is 3. The Hall–Kier alpha value is -1.07. The highest BCUT2D eigenvalue weighted by Crippen LogP contribution is 2.39. The lowest BCUT2D eigenvalue weighted by Crippen LogP contribution is -2.47. The van der Waals surface area contributed by atoms with Crippen molar-refractivity contribution in [1.82, 2.24) is 9.80 Å². The van der Waals surface area contributed by atoms with Crippen LogP contribution in [0.3, 0.4) is 0 Å². The molecule has 1 aromatic carbocycles. The summed E-state index contributed by atoms with van der Waals surface area (Å²) in [6.45, 7) is 1.71. The molecule has 2 rings (SSSR count). The number of hydrogen-bond donors (Lipinski definition) is 0. The highest BCUT2D eigenvalue weighted by atomic mass is 19.4. The molecule has 1 fully saturated rings. The molecule has 0 N–H and O–H groups in total. The number of benzene rings is 1. The van der Waals surface area contributed by atoms with Crippen LogP contribution in [0.5, 0.6) is 0 Å². The molecule has 0 bridgehead atoms. The molecule has 1 saturated heterocycles. The fourth-order valence-electron chi connectivity index (χ4n) is 2.90. The van der Waals surface area contributed by atoms with Crippen LogP contribution in [0.1, 0.15) is 24.4 Å². The van der Waals surface area contributed by atoms with Crippen molar-refractivity contribution in [3.8, 4) is 0 Å². The number of alkyl halides is 3. The van der Waals surface area contributed by atoms with Gasteiger partial charge in [-0.2, -0.15) is 13.2 Å². The van der Waals surface area contributed by atoms with E-state index in [0.29, 0.717) is 5.56 Å².